The summed E-state index contributed by atoms with van der Waals surface area (Å²) in [7, 11) is 0. The Morgan fingerprint density at radius 2 is 1.84 bits per heavy atom. The van der Waals surface area contributed by atoms with E-state index in [-0.39, 0.29) is 34.6 Å². The quantitative estimate of drug-likeness (QED) is 0.765. The third-order valence-corrected chi connectivity index (χ3v) is 8.68. The molecule has 4 saturated carbocycles. The molecule has 0 unspecified atom stereocenters. The largest absolute Gasteiger partial charge is 0.353 e. The lowest BCUT2D eigenvalue weighted by atomic mass is 9.56. The van der Waals surface area contributed by atoms with Crippen molar-refractivity contribution < 1.29 is 14.4 Å². The summed E-state index contributed by atoms with van der Waals surface area (Å²) in [5.41, 5.74) is 0. The molecule has 3 amide bonds. The first-order valence-electron chi connectivity index (χ1n) is 9.37. The van der Waals surface area contributed by atoms with Gasteiger partial charge < -0.3 is 5.32 Å². The molecule has 7 heteroatoms. The zero-order valence-corrected chi connectivity index (χ0v) is 16.3. The van der Waals surface area contributed by atoms with Crippen LogP contribution in [0.15, 0.2) is 0 Å². The van der Waals surface area contributed by atoms with Crippen molar-refractivity contribution in [2.75, 3.05) is 18.8 Å². The van der Waals surface area contributed by atoms with Gasteiger partial charge in [-0.15, -0.1) is 11.8 Å². The Morgan fingerprint density at radius 1 is 1.24 bits per heavy atom. The van der Waals surface area contributed by atoms with Gasteiger partial charge in [0.1, 0.15) is 0 Å². The van der Waals surface area contributed by atoms with Gasteiger partial charge >= 0.3 is 0 Å². The molecule has 25 heavy (non-hydrogen) atoms. The van der Waals surface area contributed by atoms with Crippen LogP contribution in [0.25, 0.3) is 0 Å². The van der Waals surface area contributed by atoms with Crippen LogP contribution in [-0.2, 0) is 9.59 Å². The summed E-state index contributed by atoms with van der Waals surface area (Å²) in [6.07, 6.45) is 8.10. The van der Waals surface area contributed by atoms with Gasteiger partial charge in [-0.2, -0.15) is 0 Å². The molecular formula is C18H26N2O3S2. The van der Waals surface area contributed by atoms with E-state index in [1.165, 1.54) is 43.4 Å². The van der Waals surface area contributed by atoms with Crippen molar-refractivity contribution in [3.8, 4) is 0 Å². The summed E-state index contributed by atoms with van der Waals surface area (Å²) >= 11 is 2.92. The van der Waals surface area contributed by atoms with Crippen LogP contribution in [0.5, 0.6) is 0 Å². The molecule has 4 bridgehead atoms. The molecule has 0 aromatic carbocycles. The van der Waals surface area contributed by atoms with Crippen molar-refractivity contribution in [3.05, 3.63) is 0 Å². The van der Waals surface area contributed by atoms with E-state index >= 15 is 0 Å². The monoisotopic (exact) mass is 382 g/mol. The molecule has 138 valence electrons. The second kappa shape index (κ2) is 6.80. The number of amides is 3. The van der Waals surface area contributed by atoms with E-state index in [2.05, 4.69) is 5.32 Å². The topological polar surface area (TPSA) is 66.5 Å². The average molecular weight is 383 g/mol. The van der Waals surface area contributed by atoms with Gasteiger partial charge in [-0.3, -0.25) is 19.3 Å². The van der Waals surface area contributed by atoms with E-state index in [0.29, 0.717) is 11.3 Å². The van der Waals surface area contributed by atoms with E-state index in [1.807, 2.05) is 18.7 Å². The minimum atomic E-state index is -0.199. The normalized spacial score (nSPS) is 37.6. The Morgan fingerprint density at radius 3 is 2.36 bits per heavy atom. The van der Waals surface area contributed by atoms with Crippen LogP contribution in [0, 0.1) is 17.8 Å². The zero-order chi connectivity index (χ0) is 17.6. The Balaban J connectivity index is 1.27. The van der Waals surface area contributed by atoms with Crippen molar-refractivity contribution in [1.29, 1.82) is 0 Å². The molecule has 4 aliphatic carbocycles. The summed E-state index contributed by atoms with van der Waals surface area (Å²) < 4.78 is 0.322. The Bertz CT molecular complexity index is 544. The van der Waals surface area contributed by atoms with Gasteiger partial charge in [0.05, 0.1) is 11.0 Å². The summed E-state index contributed by atoms with van der Waals surface area (Å²) in [6.45, 7) is 2.63. The fourth-order valence-electron chi connectivity index (χ4n) is 5.64. The molecular weight excluding hydrogens is 356 g/mol. The zero-order valence-electron chi connectivity index (χ0n) is 14.7. The Kier molecular flexibility index (Phi) is 4.82. The smallest absolute Gasteiger partial charge is 0.288 e. The van der Waals surface area contributed by atoms with Crippen LogP contribution in [0.1, 0.15) is 45.4 Å². The SMILES string of the molecule is C[C@H](SC12CC3CC(CC(C3)C1)C2)C(=O)NCCN1C(=O)CSC1=O. The highest BCUT2D eigenvalue weighted by atomic mass is 32.2. The van der Waals surface area contributed by atoms with Crippen LogP contribution >= 0.6 is 23.5 Å². The van der Waals surface area contributed by atoms with Crippen molar-refractivity contribution in [2.45, 2.75) is 55.4 Å². The lowest BCUT2D eigenvalue weighted by Crippen LogP contribution is -2.50. The highest BCUT2D eigenvalue weighted by Crippen LogP contribution is 2.61. The molecule has 5 nitrogen and oxygen atoms in total. The van der Waals surface area contributed by atoms with Crippen molar-refractivity contribution in [2.24, 2.45) is 17.8 Å². The van der Waals surface area contributed by atoms with E-state index in [0.717, 1.165) is 29.5 Å². The van der Waals surface area contributed by atoms with E-state index in [1.54, 1.807) is 0 Å². The van der Waals surface area contributed by atoms with E-state index < -0.39 is 0 Å². The van der Waals surface area contributed by atoms with Crippen molar-refractivity contribution >= 4 is 40.6 Å². The molecule has 0 radical (unpaired) electrons. The number of hydrogen-bond acceptors (Lipinski definition) is 5. The summed E-state index contributed by atoms with van der Waals surface area (Å²) in [5.74, 6) is 2.77. The molecule has 0 aromatic rings. The third-order valence-electron chi connectivity index (χ3n) is 6.25. The second-order valence-corrected chi connectivity index (χ2v) is 11.0. The number of carbonyl (C=O) groups excluding carboxylic acids is 3. The van der Waals surface area contributed by atoms with Crippen LogP contribution in [0.4, 0.5) is 4.79 Å². The fourth-order valence-corrected chi connectivity index (χ4v) is 8.32. The van der Waals surface area contributed by atoms with Gasteiger partial charge in [-0.05, 0) is 63.2 Å². The average Bonchev–Trinajstić information content (AvgIpc) is 2.84. The summed E-state index contributed by atoms with van der Waals surface area (Å²) in [6, 6.07) is 0. The number of carbonyl (C=O) groups is 3. The highest BCUT2D eigenvalue weighted by Gasteiger charge is 2.52. The van der Waals surface area contributed by atoms with E-state index in [4.69, 9.17) is 0 Å². The maximum absolute atomic E-state index is 12.5. The molecule has 0 spiro atoms. The van der Waals surface area contributed by atoms with Gasteiger partial charge in [0.15, 0.2) is 0 Å². The number of nitrogens with zero attached hydrogens (tertiary/aromatic N) is 1. The molecule has 1 aliphatic heterocycles. The van der Waals surface area contributed by atoms with Crippen LogP contribution < -0.4 is 5.32 Å². The lowest BCUT2D eigenvalue weighted by molar-refractivity contribution is -0.125. The highest BCUT2D eigenvalue weighted by molar-refractivity contribution is 8.14. The van der Waals surface area contributed by atoms with Gasteiger partial charge in [-0.1, -0.05) is 11.8 Å². The first-order valence-corrected chi connectivity index (χ1v) is 11.2. The maximum atomic E-state index is 12.5. The van der Waals surface area contributed by atoms with Gasteiger partial charge in [-0.25, -0.2) is 0 Å². The molecule has 0 aromatic heterocycles. The molecule has 5 fully saturated rings. The summed E-state index contributed by atoms with van der Waals surface area (Å²) in [4.78, 5) is 36.9. The summed E-state index contributed by atoms with van der Waals surface area (Å²) in [5, 5.41) is 2.65. The van der Waals surface area contributed by atoms with Crippen LogP contribution in [0.2, 0.25) is 0 Å². The van der Waals surface area contributed by atoms with Gasteiger partial charge in [0.25, 0.3) is 5.24 Å². The molecule has 5 aliphatic rings. The lowest BCUT2D eigenvalue weighted by Gasteiger charge is -2.57. The molecule has 1 atom stereocenters. The van der Waals surface area contributed by atoms with Crippen molar-refractivity contribution in [3.63, 3.8) is 0 Å². The molecule has 1 saturated heterocycles. The molecule has 5 rings (SSSR count). The second-order valence-electron chi connectivity index (χ2n) is 8.25. The van der Waals surface area contributed by atoms with Gasteiger partial charge in [0, 0.05) is 17.8 Å². The third kappa shape index (κ3) is 3.59. The van der Waals surface area contributed by atoms with E-state index in [9.17, 15) is 14.4 Å². The minimum absolute atomic E-state index is 0.0347. The molecule has 1 heterocycles. The Hall–Kier alpha value is -0.690. The predicted molar refractivity (Wildman–Crippen MR) is 101 cm³/mol. The predicted octanol–water partition coefficient (Wildman–Crippen LogP) is 2.89. The first kappa shape index (κ1) is 17.7. The van der Waals surface area contributed by atoms with Crippen molar-refractivity contribution in [1.82, 2.24) is 10.2 Å². The number of thioether (sulfide) groups is 2. The minimum Gasteiger partial charge on any atom is -0.353 e. The standard InChI is InChI=1S/C18H26N2O3S2/c1-11(16(22)19-2-3-20-15(21)10-24-17(20)23)25-18-7-12-4-13(8-18)6-14(5-12)9-18/h11-14H,2-10H2,1H3,(H,19,22)/t11-,12?,13?,14?,18?/m0/s1. The van der Waals surface area contributed by atoms with Crippen LogP contribution in [-0.4, -0.2) is 50.8 Å². The van der Waals surface area contributed by atoms with Crippen LogP contribution in [0.3, 0.4) is 0 Å². The number of imide groups is 1. The maximum Gasteiger partial charge on any atom is 0.288 e. The van der Waals surface area contributed by atoms with Gasteiger partial charge in [0.2, 0.25) is 11.8 Å². The molecule has 1 N–H and O–H groups in total. The Labute approximate surface area is 157 Å². The fraction of sp³-hybridized carbons (Fsp3) is 0.833. The number of rotatable bonds is 6. The number of nitrogens with one attached hydrogen (secondary N) is 1. The first-order chi connectivity index (χ1) is 11.9. The number of hydrogen-bond donors (Lipinski definition) is 1.